The second-order valence-electron chi connectivity index (χ2n) is 6.67. The number of nitrogens with zero attached hydrogens (tertiary/aromatic N) is 2. The zero-order chi connectivity index (χ0) is 20.8. The molecule has 7 heteroatoms. The van der Waals surface area contributed by atoms with Crippen LogP contribution >= 0.6 is 0 Å². The Balaban J connectivity index is 1.62. The Morgan fingerprint density at radius 2 is 2.00 bits per heavy atom. The summed E-state index contributed by atoms with van der Waals surface area (Å²) in [5.41, 5.74) is 2.92. The summed E-state index contributed by atoms with van der Waals surface area (Å²) in [6.07, 6.45) is -0.0609. The molecule has 0 bridgehead atoms. The van der Waals surface area contributed by atoms with Crippen LogP contribution in [0.25, 0.3) is 11.4 Å². The highest BCUT2D eigenvalue weighted by Crippen LogP contribution is 2.23. The average molecular weight is 395 g/mol. The Morgan fingerprint density at radius 1 is 1.21 bits per heavy atom. The van der Waals surface area contributed by atoms with Gasteiger partial charge in [-0.25, -0.2) is 0 Å². The Kier molecular flexibility index (Phi) is 6.49. The predicted molar refractivity (Wildman–Crippen MR) is 109 cm³/mol. The van der Waals surface area contributed by atoms with Gasteiger partial charge in [0.2, 0.25) is 11.7 Å². The van der Waals surface area contributed by atoms with E-state index in [0.717, 1.165) is 16.7 Å². The summed E-state index contributed by atoms with van der Waals surface area (Å²) in [5.74, 6) is 1.95. The minimum absolute atomic E-state index is 0.127. The van der Waals surface area contributed by atoms with Gasteiger partial charge in [0, 0.05) is 5.56 Å². The molecule has 0 radical (unpaired) electrons. The molecular formula is C22H25N3O4. The highest BCUT2D eigenvalue weighted by atomic mass is 16.5. The van der Waals surface area contributed by atoms with Gasteiger partial charge in [-0.1, -0.05) is 36.3 Å². The van der Waals surface area contributed by atoms with Crippen LogP contribution in [0.3, 0.4) is 0 Å². The van der Waals surface area contributed by atoms with Crippen molar-refractivity contribution in [1.29, 1.82) is 0 Å². The number of carbonyl (C=O) groups is 1. The Labute approximate surface area is 170 Å². The molecule has 0 fully saturated rings. The van der Waals surface area contributed by atoms with Gasteiger partial charge in [-0.3, -0.25) is 4.79 Å². The second kappa shape index (κ2) is 9.23. The number of amides is 1. The lowest BCUT2D eigenvalue weighted by atomic mass is 10.1. The predicted octanol–water partition coefficient (Wildman–Crippen LogP) is 3.84. The molecule has 1 N–H and O–H groups in total. The van der Waals surface area contributed by atoms with Crippen LogP contribution in [-0.2, 0) is 11.3 Å². The topological polar surface area (TPSA) is 86.5 Å². The van der Waals surface area contributed by atoms with Crippen molar-refractivity contribution in [3.8, 4) is 22.9 Å². The first-order valence-corrected chi connectivity index (χ1v) is 9.49. The van der Waals surface area contributed by atoms with Crippen LogP contribution < -0.4 is 14.8 Å². The molecule has 0 aliphatic carbocycles. The van der Waals surface area contributed by atoms with Gasteiger partial charge in [0.05, 0.1) is 13.7 Å². The fourth-order valence-corrected chi connectivity index (χ4v) is 2.81. The fraction of sp³-hybridized carbons (Fsp3) is 0.318. The SMILES string of the molecule is CC[C@@H](Oc1cccc(C)c1C)C(=O)NCc1nc(-c2cccc(OC)c2)no1. The zero-order valence-electron chi connectivity index (χ0n) is 17.1. The van der Waals surface area contributed by atoms with E-state index in [-0.39, 0.29) is 12.5 Å². The van der Waals surface area contributed by atoms with Crippen molar-refractivity contribution in [2.45, 2.75) is 39.8 Å². The van der Waals surface area contributed by atoms with E-state index < -0.39 is 6.10 Å². The van der Waals surface area contributed by atoms with E-state index in [9.17, 15) is 4.79 Å². The Hall–Kier alpha value is -3.35. The molecule has 7 nitrogen and oxygen atoms in total. The highest BCUT2D eigenvalue weighted by molar-refractivity contribution is 5.81. The smallest absolute Gasteiger partial charge is 0.261 e. The van der Waals surface area contributed by atoms with Gasteiger partial charge in [-0.2, -0.15) is 4.98 Å². The molecule has 152 valence electrons. The molecule has 3 rings (SSSR count). The number of hydrogen-bond acceptors (Lipinski definition) is 6. The molecule has 0 saturated carbocycles. The second-order valence-corrected chi connectivity index (χ2v) is 6.67. The third-order valence-corrected chi connectivity index (χ3v) is 4.70. The summed E-state index contributed by atoms with van der Waals surface area (Å²) in [4.78, 5) is 16.9. The van der Waals surface area contributed by atoms with Gasteiger partial charge in [0.15, 0.2) is 6.10 Å². The van der Waals surface area contributed by atoms with Crippen LogP contribution in [-0.4, -0.2) is 29.3 Å². The molecular weight excluding hydrogens is 370 g/mol. The first kappa shape index (κ1) is 20.4. The minimum Gasteiger partial charge on any atom is -0.497 e. The normalized spacial score (nSPS) is 11.7. The van der Waals surface area contributed by atoms with Crippen LogP contribution in [0.4, 0.5) is 0 Å². The zero-order valence-corrected chi connectivity index (χ0v) is 17.1. The van der Waals surface area contributed by atoms with Gasteiger partial charge >= 0.3 is 0 Å². The standard InChI is InChI=1S/C22H25N3O4/c1-5-18(28-19-11-6-8-14(2)15(19)3)22(26)23-13-20-24-21(25-29-20)16-9-7-10-17(12-16)27-4/h6-12,18H,5,13H2,1-4H3,(H,23,26)/t18-/m1/s1. The largest absolute Gasteiger partial charge is 0.497 e. The van der Waals surface area contributed by atoms with Crippen LogP contribution in [0.2, 0.25) is 0 Å². The van der Waals surface area contributed by atoms with Gasteiger partial charge in [-0.15, -0.1) is 0 Å². The fourth-order valence-electron chi connectivity index (χ4n) is 2.81. The van der Waals surface area contributed by atoms with E-state index in [2.05, 4.69) is 15.5 Å². The number of ether oxygens (including phenoxy) is 2. The molecule has 0 aliphatic heterocycles. The van der Waals surface area contributed by atoms with Gasteiger partial charge in [0.1, 0.15) is 11.5 Å². The van der Waals surface area contributed by atoms with E-state index >= 15 is 0 Å². The molecule has 1 heterocycles. The third-order valence-electron chi connectivity index (χ3n) is 4.70. The molecule has 1 atom stereocenters. The quantitative estimate of drug-likeness (QED) is 0.624. The van der Waals surface area contributed by atoms with E-state index in [0.29, 0.717) is 29.6 Å². The van der Waals surface area contributed by atoms with Crippen molar-refractivity contribution < 1.29 is 18.8 Å². The van der Waals surface area contributed by atoms with Crippen molar-refractivity contribution >= 4 is 5.91 Å². The maximum atomic E-state index is 12.6. The lowest BCUT2D eigenvalue weighted by Crippen LogP contribution is -2.37. The maximum absolute atomic E-state index is 12.6. The highest BCUT2D eigenvalue weighted by Gasteiger charge is 2.20. The van der Waals surface area contributed by atoms with E-state index in [1.165, 1.54) is 0 Å². The van der Waals surface area contributed by atoms with Crippen LogP contribution in [0, 0.1) is 13.8 Å². The Morgan fingerprint density at radius 3 is 2.76 bits per heavy atom. The van der Waals surface area contributed by atoms with E-state index in [1.54, 1.807) is 7.11 Å². The van der Waals surface area contributed by atoms with Gasteiger partial charge in [-0.05, 0) is 49.6 Å². The monoisotopic (exact) mass is 395 g/mol. The minimum atomic E-state index is -0.601. The molecule has 0 spiro atoms. The van der Waals surface area contributed by atoms with Gasteiger partial charge in [0.25, 0.3) is 5.91 Å². The summed E-state index contributed by atoms with van der Waals surface area (Å²) >= 11 is 0. The first-order chi connectivity index (χ1) is 14.0. The molecule has 2 aromatic carbocycles. The van der Waals surface area contributed by atoms with Crippen LogP contribution in [0.5, 0.6) is 11.5 Å². The summed E-state index contributed by atoms with van der Waals surface area (Å²) in [6, 6.07) is 13.2. The first-order valence-electron chi connectivity index (χ1n) is 9.49. The summed E-state index contributed by atoms with van der Waals surface area (Å²) in [6.45, 7) is 6.03. The molecule has 0 saturated heterocycles. The van der Waals surface area contributed by atoms with Crippen molar-refractivity contribution in [3.05, 3.63) is 59.5 Å². The molecule has 0 unspecified atom stereocenters. The average Bonchev–Trinajstić information content (AvgIpc) is 3.22. The van der Waals surface area contributed by atoms with Gasteiger partial charge < -0.3 is 19.3 Å². The molecule has 1 amide bonds. The number of carbonyl (C=O) groups excluding carboxylic acids is 1. The van der Waals surface area contributed by atoms with E-state index in [1.807, 2.05) is 63.2 Å². The summed E-state index contributed by atoms with van der Waals surface area (Å²) in [7, 11) is 1.60. The number of rotatable bonds is 8. The van der Waals surface area contributed by atoms with Crippen molar-refractivity contribution in [2.75, 3.05) is 7.11 Å². The van der Waals surface area contributed by atoms with Crippen molar-refractivity contribution in [2.24, 2.45) is 0 Å². The molecule has 1 aromatic heterocycles. The van der Waals surface area contributed by atoms with Crippen LogP contribution in [0.15, 0.2) is 47.0 Å². The van der Waals surface area contributed by atoms with Crippen molar-refractivity contribution in [1.82, 2.24) is 15.5 Å². The lowest BCUT2D eigenvalue weighted by Gasteiger charge is -2.18. The summed E-state index contributed by atoms with van der Waals surface area (Å²) < 4.78 is 16.4. The number of nitrogens with one attached hydrogen (secondary N) is 1. The summed E-state index contributed by atoms with van der Waals surface area (Å²) in [5, 5.41) is 6.78. The number of hydrogen-bond donors (Lipinski definition) is 1. The number of methoxy groups -OCH3 is 1. The Bertz CT molecular complexity index is 984. The lowest BCUT2D eigenvalue weighted by molar-refractivity contribution is -0.128. The third kappa shape index (κ3) is 4.93. The number of aryl methyl sites for hydroxylation is 1. The maximum Gasteiger partial charge on any atom is 0.261 e. The molecule has 29 heavy (non-hydrogen) atoms. The molecule has 3 aromatic rings. The number of aromatic nitrogens is 2. The van der Waals surface area contributed by atoms with Crippen LogP contribution in [0.1, 0.15) is 30.4 Å². The van der Waals surface area contributed by atoms with Crippen molar-refractivity contribution in [3.63, 3.8) is 0 Å². The van der Waals surface area contributed by atoms with E-state index in [4.69, 9.17) is 14.0 Å². The molecule has 0 aliphatic rings. The number of benzene rings is 2.